The van der Waals surface area contributed by atoms with Gasteiger partial charge in [0.05, 0.1) is 11.0 Å². The highest BCUT2D eigenvalue weighted by Gasteiger charge is 2.14. The average molecular weight is 260 g/mol. The second-order valence-electron chi connectivity index (χ2n) is 5.55. The van der Waals surface area contributed by atoms with Crippen molar-refractivity contribution < 1.29 is 0 Å². The molecular formula is C18H16N2. The molecule has 0 saturated carbocycles. The van der Waals surface area contributed by atoms with Crippen LogP contribution in [0.4, 0.5) is 0 Å². The zero-order chi connectivity index (χ0) is 13.9. The van der Waals surface area contributed by atoms with Gasteiger partial charge in [-0.05, 0) is 49.4 Å². The Morgan fingerprint density at radius 1 is 0.900 bits per heavy atom. The van der Waals surface area contributed by atoms with Gasteiger partial charge in [-0.2, -0.15) is 0 Å². The third-order valence-electron chi connectivity index (χ3n) is 4.28. The predicted octanol–water partition coefficient (Wildman–Crippen LogP) is 4.79. The molecule has 4 aromatic rings. The van der Waals surface area contributed by atoms with Crippen LogP contribution in [0.15, 0.2) is 36.5 Å². The lowest BCUT2D eigenvalue weighted by Crippen LogP contribution is -1.89. The normalized spacial score (nSPS) is 11.8. The minimum absolute atomic E-state index is 1.09. The molecule has 0 spiro atoms. The first-order chi connectivity index (χ1) is 9.66. The van der Waals surface area contributed by atoms with Gasteiger partial charge in [-0.1, -0.05) is 18.2 Å². The van der Waals surface area contributed by atoms with Crippen molar-refractivity contribution >= 4 is 32.6 Å². The van der Waals surface area contributed by atoms with Gasteiger partial charge in [-0.25, -0.2) is 4.98 Å². The Morgan fingerprint density at radius 3 is 2.55 bits per heavy atom. The van der Waals surface area contributed by atoms with Crippen LogP contribution in [0.1, 0.15) is 16.8 Å². The summed E-state index contributed by atoms with van der Waals surface area (Å²) in [5, 5.41) is 5.14. The maximum atomic E-state index is 4.85. The minimum Gasteiger partial charge on any atom is -0.365 e. The average Bonchev–Trinajstić information content (AvgIpc) is 2.84. The molecule has 1 N–H and O–H groups in total. The van der Waals surface area contributed by atoms with Gasteiger partial charge in [0.2, 0.25) is 0 Å². The van der Waals surface area contributed by atoms with E-state index in [0.29, 0.717) is 0 Å². The van der Waals surface area contributed by atoms with E-state index in [2.05, 4.69) is 62.3 Å². The zero-order valence-electron chi connectivity index (χ0n) is 11.9. The van der Waals surface area contributed by atoms with Gasteiger partial charge in [0.1, 0.15) is 0 Å². The third kappa shape index (κ3) is 1.36. The highest BCUT2D eigenvalue weighted by Crippen LogP contribution is 2.36. The fraction of sp³-hybridized carbons (Fsp3) is 0.167. The van der Waals surface area contributed by atoms with Gasteiger partial charge in [0.15, 0.2) is 0 Å². The molecule has 0 bridgehead atoms. The van der Waals surface area contributed by atoms with Gasteiger partial charge in [0.25, 0.3) is 0 Å². The molecule has 98 valence electrons. The van der Waals surface area contributed by atoms with Crippen molar-refractivity contribution in [3.8, 4) is 0 Å². The predicted molar refractivity (Wildman–Crippen MR) is 85.3 cm³/mol. The van der Waals surface area contributed by atoms with E-state index in [1.165, 1.54) is 38.4 Å². The molecule has 0 radical (unpaired) electrons. The van der Waals surface area contributed by atoms with Crippen LogP contribution in [0, 0.1) is 20.8 Å². The molecule has 2 heterocycles. The summed E-state index contributed by atoms with van der Waals surface area (Å²) in [5.41, 5.74) is 5.99. The van der Waals surface area contributed by atoms with Crippen molar-refractivity contribution in [1.82, 2.24) is 9.97 Å². The summed E-state index contributed by atoms with van der Waals surface area (Å²) in [6.07, 6.45) is 2.12. The molecule has 0 aliphatic heterocycles. The first kappa shape index (κ1) is 11.5. The summed E-state index contributed by atoms with van der Waals surface area (Å²) in [6, 6.07) is 10.6. The van der Waals surface area contributed by atoms with E-state index in [-0.39, 0.29) is 0 Å². The number of benzene rings is 2. The SMILES string of the molecule is Cc1cc2c(C)c3nc4ccccc4c3c(C)c2c[nH]1. The van der Waals surface area contributed by atoms with Gasteiger partial charge < -0.3 is 4.98 Å². The number of aromatic nitrogens is 2. The number of para-hydroxylation sites is 1. The molecule has 0 saturated heterocycles. The van der Waals surface area contributed by atoms with Gasteiger partial charge >= 0.3 is 0 Å². The summed E-state index contributed by atoms with van der Waals surface area (Å²) in [7, 11) is 0. The van der Waals surface area contributed by atoms with Crippen LogP contribution in [0.2, 0.25) is 0 Å². The summed E-state index contributed by atoms with van der Waals surface area (Å²) in [4.78, 5) is 8.17. The number of nitrogens with zero attached hydrogens (tertiary/aromatic N) is 1. The van der Waals surface area contributed by atoms with Crippen LogP contribution >= 0.6 is 0 Å². The lowest BCUT2D eigenvalue weighted by molar-refractivity contribution is 1.22. The molecule has 0 aliphatic carbocycles. The quantitative estimate of drug-likeness (QED) is 0.483. The Morgan fingerprint density at radius 2 is 1.70 bits per heavy atom. The van der Waals surface area contributed by atoms with Crippen LogP contribution in [0.25, 0.3) is 32.6 Å². The second-order valence-corrected chi connectivity index (χ2v) is 5.55. The van der Waals surface area contributed by atoms with E-state index in [0.717, 1.165) is 11.0 Å². The molecule has 0 aliphatic rings. The van der Waals surface area contributed by atoms with Gasteiger partial charge in [0, 0.05) is 28.0 Å². The first-order valence-corrected chi connectivity index (χ1v) is 6.93. The Labute approximate surface area is 117 Å². The highest BCUT2D eigenvalue weighted by molar-refractivity contribution is 6.16. The number of rotatable bonds is 0. The molecule has 20 heavy (non-hydrogen) atoms. The lowest BCUT2D eigenvalue weighted by Gasteiger charge is -2.09. The topological polar surface area (TPSA) is 28.7 Å². The monoisotopic (exact) mass is 260 g/mol. The van der Waals surface area contributed by atoms with Crippen LogP contribution < -0.4 is 0 Å². The van der Waals surface area contributed by atoms with E-state index in [1.807, 2.05) is 0 Å². The fourth-order valence-electron chi connectivity index (χ4n) is 3.22. The van der Waals surface area contributed by atoms with E-state index in [4.69, 9.17) is 4.98 Å². The van der Waals surface area contributed by atoms with Crippen molar-refractivity contribution in [3.63, 3.8) is 0 Å². The molecule has 4 rings (SSSR count). The molecule has 2 aromatic carbocycles. The van der Waals surface area contributed by atoms with Crippen molar-refractivity contribution in [1.29, 1.82) is 0 Å². The molecule has 0 unspecified atom stereocenters. The number of H-pyrrole nitrogens is 1. The molecular weight excluding hydrogens is 244 g/mol. The highest BCUT2D eigenvalue weighted by atomic mass is 14.7. The number of aromatic amines is 1. The van der Waals surface area contributed by atoms with Crippen molar-refractivity contribution in [2.45, 2.75) is 20.8 Å². The van der Waals surface area contributed by atoms with Crippen LogP contribution in [0.3, 0.4) is 0 Å². The van der Waals surface area contributed by atoms with Crippen LogP contribution in [-0.2, 0) is 0 Å². The summed E-state index contributed by atoms with van der Waals surface area (Å²) < 4.78 is 0. The zero-order valence-corrected chi connectivity index (χ0v) is 11.9. The molecule has 2 aromatic heterocycles. The Bertz CT molecular complexity index is 977. The molecule has 2 heteroatoms. The maximum absolute atomic E-state index is 4.85. The van der Waals surface area contributed by atoms with Gasteiger partial charge in [-0.3, -0.25) is 0 Å². The van der Waals surface area contributed by atoms with Gasteiger partial charge in [-0.15, -0.1) is 0 Å². The molecule has 0 fully saturated rings. The number of nitrogens with one attached hydrogen (secondary N) is 1. The van der Waals surface area contributed by atoms with Crippen molar-refractivity contribution in [2.75, 3.05) is 0 Å². The minimum atomic E-state index is 1.09. The van der Waals surface area contributed by atoms with E-state index >= 15 is 0 Å². The smallest absolute Gasteiger partial charge is 0.0754 e. The van der Waals surface area contributed by atoms with E-state index in [1.54, 1.807) is 0 Å². The standard InChI is InChI=1S/C18H16N2/c1-10-8-14-12(3)18-17(11(2)15(14)9-19-10)13-6-4-5-7-16(13)20-18/h4-9,19H,1-3H3. The molecule has 2 nitrogen and oxygen atoms in total. The van der Waals surface area contributed by atoms with Crippen LogP contribution in [0.5, 0.6) is 0 Å². The number of fused-ring (bicyclic) bond motifs is 4. The van der Waals surface area contributed by atoms with Crippen molar-refractivity contribution in [3.05, 3.63) is 53.3 Å². The summed E-state index contributed by atoms with van der Waals surface area (Å²) in [5.74, 6) is 0. The molecule has 0 atom stereocenters. The summed E-state index contributed by atoms with van der Waals surface area (Å²) >= 11 is 0. The third-order valence-corrected chi connectivity index (χ3v) is 4.28. The van der Waals surface area contributed by atoms with Crippen molar-refractivity contribution in [2.24, 2.45) is 0 Å². The van der Waals surface area contributed by atoms with E-state index in [9.17, 15) is 0 Å². The number of pyridine rings is 1. The van der Waals surface area contributed by atoms with E-state index < -0.39 is 0 Å². The fourth-order valence-corrected chi connectivity index (χ4v) is 3.22. The number of aryl methyl sites for hydroxylation is 3. The summed E-state index contributed by atoms with van der Waals surface area (Å²) in [6.45, 7) is 6.46. The second kappa shape index (κ2) is 3.83. The molecule has 0 amide bonds. The van der Waals surface area contributed by atoms with Crippen LogP contribution in [-0.4, -0.2) is 9.97 Å². The maximum Gasteiger partial charge on any atom is 0.0754 e. The Kier molecular flexibility index (Phi) is 2.19. The number of hydrogen-bond donors (Lipinski definition) is 1. The number of hydrogen-bond acceptors (Lipinski definition) is 1. The largest absolute Gasteiger partial charge is 0.365 e. The lowest BCUT2D eigenvalue weighted by atomic mass is 9.96. The Balaban J connectivity index is 2.36. The Hall–Kier alpha value is -2.35. The first-order valence-electron chi connectivity index (χ1n) is 6.93.